The minimum absolute atomic E-state index is 0.165. The van der Waals surface area contributed by atoms with E-state index in [0.29, 0.717) is 59.9 Å². The fourth-order valence-electron chi connectivity index (χ4n) is 4.06. The molecule has 1 aliphatic heterocycles. The summed E-state index contributed by atoms with van der Waals surface area (Å²) in [7, 11) is -3.34. The molecule has 0 radical (unpaired) electrons. The summed E-state index contributed by atoms with van der Waals surface area (Å²) in [6.45, 7) is 3.05. The van der Waals surface area contributed by atoms with Crippen molar-refractivity contribution in [2.24, 2.45) is 0 Å². The summed E-state index contributed by atoms with van der Waals surface area (Å²) in [4.78, 5) is 34.9. The van der Waals surface area contributed by atoms with Crippen molar-refractivity contribution in [2.45, 2.75) is 55.0 Å². The lowest BCUT2D eigenvalue weighted by Crippen LogP contribution is -2.31. The molecule has 1 aromatic carbocycles. The normalized spacial score (nSPS) is 17.4. The van der Waals surface area contributed by atoms with Crippen LogP contribution in [0.2, 0.25) is 0 Å². The Kier molecular flexibility index (Phi) is 7.52. The summed E-state index contributed by atoms with van der Waals surface area (Å²) in [6.07, 6.45) is 1.51. The topological polar surface area (TPSA) is 134 Å². The number of fused-ring (bicyclic) bond motifs is 1. The van der Waals surface area contributed by atoms with Crippen molar-refractivity contribution in [3.63, 3.8) is 0 Å². The predicted molar refractivity (Wildman–Crippen MR) is 136 cm³/mol. The lowest BCUT2D eigenvalue weighted by atomic mass is 10.1. The predicted octanol–water partition coefficient (Wildman–Crippen LogP) is 3.68. The number of carbonyl (C=O) groups excluding carboxylic acids is 2. The van der Waals surface area contributed by atoms with E-state index in [9.17, 15) is 18.0 Å². The molecule has 1 amide bonds. The number of nitrogens with one attached hydrogen (secondary N) is 1. The number of thiazole rings is 1. The van der Waals surface area contributed by atoms with E-state index in [4.69, 9.17) is 14.2 Å². The summed E-state index contributed by atoms with van der Waals surface area (Å²) >= 11 is 1.13. The van der Waals surface area contributed by atoms with Gasteiger partial charge < -0.3 is 14.2 Å². The van der Waals surface area contributed by atoms with Gasteiger partial charge in [0.05, 0.1) is 22.9 Å². The van der Waals surface area contributed by atoms with Gasteiger partial charge in [-0.05, 0) is 62.4 Å². The van der Waals surface area contributed by atoms with Gasteiger partial charge in [0.25, 0.3) is 5.91 Å². The lowest BCUT2D eigenvalue weighted by molar-refractivity contribution is -0.136. The summed E-state index contributed by atoms with van der Waals surface area (Å²) in [6, 6.07) is 9.51. The van der Waals surface area contributed by atoms with Gasteiger partial charge in [0.15, 0.2) is 21.1 Å². The molecule has 1 N–H and O–H groups in total. The molecule has 12 heteroatoms. The second kappa shape index (κ2) is 10.8. The summed E-state index contributed by atoms with van der Waals surface area (Å²) in [5.74, 6) is -0.963. The quantitative estimate of drug-likeness (QED) is 0.400. The maximum Gasteiger partial charge on any atom is 0.356 e. The van der Waals surface area contributed by atoms with E-state index in [2.05, 4.69) is 15.3 Å². The average Bonchev–Trinajstić information content (AvgIpc) is 3.69. The number of hydrogen-bond acceptors (Lipinski definition) is 10. The minimum Gasteiger partial charge on any atom is -0.461 e. The highest BCUT2D eigenvalue weighted by Gasteiger charge is 2.37. The Morgan fingerprint density at radius 2 is 1.81 bits per heavy atom. The minimum atomic E-state index is -3.34. The summed E-state index contributed by atoms with van der Waals surface area (Å²) in [5, 5.41) is 2.80. The zero-order chi connectivity index (χ0) is 26.0. The van der Waals surface area contributed by atoms with Crippen LogP contribution >= 0.6 is 11.3 Å². The molecular formula is C25H27N3O7S2. The van der Waals surface area contributed by atoms with E-state index < -0.39 is 27.8 Å². The van der Waals surface area contributed by atoms with Crippen LogP contribution in [0.4, 0.5) is 5.13 Å². The Labute approximate surface area is 218 Å². The van der Waals surface area contributed by atoms with Gasteiger partial charge in [0.1, 0.15) is 16.0 Å². The number of sulfone groups is 1. The number of aromatic nitrogens is 2. The Bertz CT molecular complexity index is 1400. The van der Waals surface area contributed by atoms with Gasteiger partial charge in [-0.15, -0.1) is 0 Å². The van der Waals surface area contributed by atoms with Gasteiger partial charge in [-0.3, -0.25) is 10.1 Å². The van der Waals surface area contributed by atoms with Gasteiger partial charge in [-0.25, -0.2) is 23.2 Å². The molecule has 3 aromatic rings. The van der Waals surface area contributed by atoms with Crippen molar-refractivity contribution in [3.8, 4) is 0 Å². The van der Waals surface area contributed by atoms with Crippen molar-refractivity contribution in [1.82, 2.24) is 9.97 Å². The third-order valence-corrected chi connectivity index (χ3v) is 9.34. The van der Waals surface area contributed by atoms with Crippen LogP contribution in [0.15, 0.2) is 41.3 Å². The number of anilines is 1. The first-order chi connectivity index (χ1) is 17.8. The smallest absolute Gasteiger partial charge is 0.356 e. The second-order valence-corrected chi connectivity index (χ2v) is 12.1. The molecule has 37 heavy (non-hydrogen) atoms. The maximum atomic E-state index is 13.4. The van der Waals surface area contributed by atoms with Gasteiger partial charge in [0, 0.05) is 13.2 Å². The number of esters is 1. The Balaban J connectivity index is 1.37. The first kappa shape index (κ1) is 25.7. The SMILES string of the molecule is CCOC(=O)c1ccc2nc(NC(=O)C(OC3CCOCC3)c3ccc(S(=O)(=O)C4CC4)cc3)sc2n1. The third-order valence-electron chi connectivity index (χ3n) is 6.18. The highest BCUT2D eigenvalue weighted by atomic mass is 32.2. The molecular weight excluding hydrogens is 518 g/mol. The van der Waals surface area contributed by atoms with Gasteiger partial charge in [-0.1, -0.05) is 23.5 Å². The van der Waals surface area contributed by atoms with Crippen LogP contribution in [0.1, 0.15) is 54.8 Å². The molecule has 5 rings (SSSR count). The van der Waals surface area contributed by atoms with E-state index in [0.717, 1.165) is 11.3 Å². The number of ether oxygens (including phenoxy) is 3. The van der Waals surface area contributed by atoms with E-state index in [1.165, 1.54) is 18.2 Å². The molecule has 2 aromatic heterocycles. The largest absolute Gasteiger partial charge is 0.461 e. The number of nitrogens with zero attached hydrogens (tertiary/aromatic N) is 2. The third kappa shape index (κ3) is 5.82. The molecule has 1 saturated carbocycles. The number of rotatable bonds is 9. The standard InChI is InChI=1S/C25H27N3O7S2/c1-2-34-24(30)20-10-9-19-23(26-20)36-25(27-19)28-22(29)21(35-16-11-13-33-14-12-16)15-3-5-17(6-4-15)37(31,32)18-7-8-18/h3-6,9-10,16,18,21H,2,7-8,11-14H2,1H3,(H,27,28,29). The van der Waals surface area contributed by atoms with Crippen molar-refractivity contribution >= 4 is 48.5 Å². The molecule has 0 spiro atoms. The highest BCUT2D eigenvalue weighted by Crippen LogP contribution is 2.34. The molecule has 1 saturated heterocycles. The van der Waals surface area contributed by atoms with Crippen LogP contribution in [0.3, 0.4) is 0 Å². The van der Waals surface area contributed by atoms with Crippen LogP contribution in [-0.2, 0) is 28.8 Å². The molecule has 1 unspecified atom stereocenters. The van der Waals surface area contributed by atoms with Crippen LogP contribution in [0, 0.1) is 0 Å². The molecule has 1 atom stereocenters. The number of benzene rings is 1. The fraction of sp³-hybridized carbons (Fsp3) is 0.440. The van der Waals surface area contributed by atoms with Crippen LogP contribution < -0.4 is 5.32 Å². The second-order valence-electron chi connectivity index (χ2n) is 8.89. The zero-order valence-electron chi connectivity index (χ0n) is 20.2. The maximum absolute atomic E-state index is 13.4. The summed E-state index contributed by atoms with van der Waals surface area (Å²) < 4.78 is 41.8. The molecule has 2 fully saturated rings. The molecule has 3 heterocycles. The van der Waals surface area contributed by atoms with Crippen LogP contribution in [0.5, 0.6) is 0 Å². The number of hydrogen-bond donors (Lipinski definition) is 1. The van der Waals surface area contributed by atoms with Crippen molar-refractivity contribution in [3.05, 3.63) is 47.7 Å². The summed E-state index contributed by atoms with van der Waals surface area (Å²) in [5.41, 5.74) is 1.24. The fourth-order valence-corrected chi connectivity index (χ4v) is 6.56. The number of carbonyl (C=O) groups is 2. The van der Waals surface area contributed by atoms with Gasteiger partial charge >= 0.3 is 5.97 Å². The monoisotopic (exact) mass is 545 g/mol. The molecule has 2 aliphatic rings. The first-order valence-electron chi connectivity index (χ1n) is 12.2. The van der Waals surface area contributed by atoms with E-state index in [1.54, 1.807) is 25.1 Å². The van der Waals surface area contributed by atoms with Crippen LogP contribution in [0.25, 0.3) is 10.3 Å². The lowest BCUT2D eigenvalue weighted by Gasteiger charge is -2.27. The van der Waals surface area contributed by atoms with Crippen molar-refractivity contribution in [2.75, 3.05) is 25.1 Å². The zero-order valence-corrected chi connectivity index (χ0v) is 21.8. The number of pyridine rings is 1. The average molecular weight is 546 g/mol. The Morgan fingerprint density at radius 3 is 2.49 bits per heavy atom. The van der Waals surface area contributed by atoms with E-state index in [1.807, 2.05) is 0 Å². The van der Waals surface area contributed by atoms with Crippen LogP contribution in [-0.4, -0.2) is 61.4 Å². The van der Waals surface area contributed by atoms with Crippen molar-refractivity contribution < 1.29 is 32.2 Å². The van der Waals surface area contributed by atoms with Gasteiger partial charge in [0.2, 0.25) is 0 Å². The molecule has 10 nitrogen and oxygen atoms in total. The Hall–Kier alpha value is -2.93. The molecule has 196 valence electrons. The van der Waals surface area contributed by atoms with Gasteiger partial charge in [-0.2, -0.15) is 0 Å². The first-order valence-corrected chi connectivity index (χ1v) is 14.5. The van der Waals surface area contributed by atoms with E-state index in [-0.39, 0.29) is 28.6 Å². The van der Waals surface area contributed by atoms with Crippen molar-refractivity contribution in [1.29, 1.82) is 0 Å². The molecule has 0 bridgehead atoms. The molecule has 1 aliphatic carbocycles. The Morgan fingerprint density at radius 1 is 1.08 bits per heavy atom. The highest BCUT2D eigenvalue weighted by molar-refractivity contribution is 7.92. The van der Waals surface area contributed by atoms with E-state index >= 15 is 0 Å². The number of amides is 1.